The molecule has 1 aromatic heterocycles. The van der Waals surface area contributed by atoms with E-state index in [4.69, 9.17) is 11.5 Å². The number of benzene rings is 1. The molecule has 23 heteroatoms. The van der Waals surface area contributed by atoms with Crippen molar-refractivity contribution in [3.63, 3.8) is 0 Å². The Bertz CT molecular complexity index is 2190. The van der Waals surface area contributed by atoms with Crippen LogP contribution in [0.5, 0.6) is 0 Å². The summed E-state index contributed by atoms with van der Waals surface area (Å²) in [6.45, 7) is 5.03. The van der Waals surface area contributed by atoms with Crippen molar-refractivity contribution < 1.29 is 53.4 Å². The molecule has 8 amide bonds. The number of primary amides is 1. The lowest BCUT2D eigenvalue weighted by Gasteiger charge is -2.37. The molecular formula is C46H68N10O11S2. The second-order valence-electron chi connectivity index (χ2n) is 18.4. The van der Waals surface area contributed by atoms with Crippen molar-refractivity contribution in [2.24, 2.45) is 17.4 Å². The molecule has 2 aliphatic heterocycles. The smallest absolute Gasteiger partial charge is 0.326 e. The molecule has 2 saturated heterocycles. The number of likely N-dealkylation sites (tertiary alicyclic amines) is 1. The molecule has 1 spiro atoms. The molecule has 5 rings (SSSR count). The summed E-state index contributed by atoms with van der Waals surface area (Å²) in [6.07, 6.45) is 4.55. The molecule has 1 aromatic carbocycles. The van der Waals surface area contributed by atoms with Crippen LogP contribution in [0.4, 0.5) is 0 Å². The average Bonchev–Trinajstić information content (AvgIpc) is 3.97. The van der Waals surface area contributed by atoms with Crippen LogP contribution in [0.1, 0.15) is 103 Å². The van der Waals surface area contributed by atoms with Crippen molar-refractivity contribution in [3.8, 4) is 0 Å². The average molecular weight is 1000 g/mol. The highest BCUT2D eigenvalue weighted by Crippen LogP contribution is 2.48. The number of carbonyl (C=O) groups excluding carboxylic acids is 8. The minimum absolute atomic E-state index is 0.0192. The fourth-order valence-corrected chi connectivity index (χ4v) is 12.4. The molecule has 3 heterocycles. The highest BCUT2D eigenvalue weighted by molar-refractivity contribution is 8.77. The van der Waals surface area contributed by atoms with Gasteiger partial charge in [-0.25, -0.2) is 4.79 Å². The highest BCUT2D eigenvalue weighted by Gasteiger charge is 2.43. The molecule has 3 aliphatic rings. The summed E-state index contributed by atoms with van der Waals surface area (Å²) in [4.78, 5) is 128. The molecule has 13 N–H and O–H groups in total. The number of amides is 8. The zero-order chi connectivity index (χ0) is 50.4. The van der Waals surface area contributed by atoms with Gasteiger partial charge in [0.15, 0.2) is 0 Å². The number of carbonyl (C=O) groups is 9. The number of nitrogens with one attached hydrogen (secondary N) is 7. The van der Waals surface area contributed by atoms with E-state index in [-0.39, 0.29) is 44.5 Å². The Kier molecular flexibility index (Phi) is 20.1. The van der Waals surface area contributed by atoms with Crippen LogP contribution < -0.4 is 43.4 Å². The summed E-state index contributed by atoms with van der Waals surface area (Å²) in [7, 11) is 2.58. The SMILES string of the molecule is CC[C@H](C)[C@@H]1NC(=O)[C@@H](Cc2c[nH]c3ccccc23)NC(=O)CC2(CCCCC2)SSC[C@@H](C(=O)N2CCC[C@H]2C(=O)N[C@@H](CCCN)C(=O)O)NC(=O)[C@H](CC(N)=O)NC(=O)C([C@@H](C)O)NC1=O. The van der Waals surface area contributed by atoms with E-state index in [1.807, 2.05) is 24.3 Å². The fraction of sp³-hybridized carbons (Fsp3) is 0.630. The number of aromatic nitrogens is 1. The third kappa shape index (κ3) is 14.8. The standard InChI is InChI=1S/C46H68N10O11S2/c1-4-25(2)37-42(63)55-38(26(3)57)43(64)52-32(21-35(48)58)39(60)53-33(44(65)56-19-11-15-34(56)41(62)51-30(45(66)67)14-10-18-47)24-68-69-46(16-8-5-9-17-46)22-36(59)50-31(40(61)54-37)20-27-23-49-29-13-7-6-12-28(27)29/h6-7,12-13,23,25-26,30-34,37-38,49,57H,4-5,8-11,14-22,24,47H2,1-3H3,(H2,48,58)(H,50,59)(H,51,62)(H,52,64)(H,53,60)(H,54,61)(H,55,63)(H,66,67)/t25-,26+,30-,31+,32-,33-,34-,37-,38?/m0/s1. The van der Waals surface area contributed by atoms with Crippen LogP contribution in [0.25, 0.3) is 10.9 Å². The lowest BCUT2D eigenvalue weighted by atomic mass is 9.85. The minimum atomic E-state index is -1.73. The Morgan fingerprint density at radius 2 is 1.58 bits per heavy atom. The first-order valence-electron chi connectivity index (χ1n) is 23.7. The molecule has 1 saturated carbocycles. The van der Waals surface area contributed by atoms with E-state index in [1.54, 1.807) is 20.0 Å². The third-order valence-electron chi connectivity index (χ3n) is 13.1. The van der Waals surface area contributed by atoms with E-state index in [0.717, 1.165) is 35.7 Å². The Morgan fingerprint density at radius 1 is 0.899 bits per heavy atom. The van der Waals surface area contributed by atoms with Gasteiger partial charge in [0.05, 0.1) is 12.5 Å². The van der Waals surface area contributed by atoms with Gasteiger partial charge >= 0.3 is 5.97 Å². The number of aliphatic carboxylic acids is 1. The Morgan fingerprint density at radius 3 is 2.25 bits per heavy atom. The van der Waals surface area contributed by atoms with E-state index in [9.17, 15) is 53.4 Å². The number of carboxylic acid groups (broad SMARTS) is 1. The summed E-state index contributed by atoms with van der Waals surface area (Å²) in [5.41, 5.74) is 12.7. The molecule has 0 bridgehead atoms. The van der Waals surface area contributed by atoms with Crippen LogP contribution in [0.15, 0.2) is 30.5 Å². The third-order valence-corrected chi connectivity index (χ3v) is 16.4. The maximum atomic E-state index is 14.6. The van der Waals surface area contributed by atoms with E-state index in [1.165, 1.54) is 33.4 Å². The van der Waals surface area contributed by atoms with Crippen LogP contribution in [0.2, 0.25) is 0 Å². The van der Waals surface area contributed by atoms with Crippen molar-refractivity contribution in [1.82, 2.24) is 41.8 Å². The van der Waals surface area contributed by atoms with E-state index >= 15 is 0 Å². The van der Waals surface area contributed by atoms with Gasteiger partial charge in [0.1, 0.15) is 42.3 Å². The maximum Gasteiger partial charge on any atom is 0.326 e. The molecule has 0 radical (unpaired) electrons. The molecule has 69 heavy (non-hydrogen) atoms. The number of carboxylic acids is 1. The topological polar surface area (TPSA) is 337 Å². The van der Waals surface area contributed by atoms with Gasteiger partial charge in [0.2, 0.25) is 47.3 Å². The van der Waals surface area contributed by atoms with Gasteiger partial charge in [0, 0.05) is 47.0 Å². The Labute approximate surface area is 409 Å². The summed E-state index contributed by atoms with van der Waals surface area (Å²) in [5, 5.41) is 37.4. The largest absolute Gasteiger partial charge is 0.480 e. The molecule has 3 fully saturated rings. The minimum Gasteiger partial charge on any atom is -0.480 e. The number of para-hydroxylation sites is 1. The molecular weight excluding hydrogens is 933 g/mol. The normalized spacial score (nSPS) is 25.8. The monoisotopic (exact) mass is 1000 g/mol. The van der Waals surface area contributed by atoms with Gasteiger partial charge in [-0.1, -0.05) is 79.3 Å². The van der Waals surface area contributed by atoms with Crippen molar-refractivity contribution in [2.75, 3.05) is 18.8 Å². The van der Waals surface area contributed by atoms with Gasteiger partial charge in [0.25, 0.3) is 0 Å². The van der Waals surface area contributed by atoms with Gasteiger partial charge in [-0.05, 0) is 69.5 Å². The van der Waals surface area contributed by atoms with Crippen LogP contribution in [-0.2, 0) is 49.6 Å². The summed E-state index contributed by atoms with van der Waals surface area (Å²) in [5.74, 6) is -8.34. The lowest BCUT2D eigenvalue weighted by molar-refractivity contribution is -0.145. The van der Waals surface area contributed by atoms with E-state index in [2.05, 4.69) is 36.9 Å². The fourth-order valence-electron chi connectivity index (χ4n) is 9.05. The number of aliphatic hydroxyl groups is 1. The molecule has 380 valence electrons. The van der Waals surface area contributed by atoms with Crippen molar-refractivity contribution >= 4 is 85.7 Å². The number of H-pyrrole nitrogens is 1. The number of nitrogens with two attached hydrogens (primary N) is 2. The number of aliphatic hydroxyl groups excluding tert-OH is 1. The van der Waals surface area contributed by atoms with Crippen LogP contribution in [-0.4, -0.2) is 145 Å². The predicted molar refractivity (Wildman–Crippen MR) is 260 cm³/mol. The first-order chi connectivity index (χ1) is 32.9. The number of fused-ring (bicyclic) bond motifs is 1. The summed E-state index contributed by atoms with van der Waals surface area (Å²) < 4.78 is -0.684. The highest BCUT2D eigenvalue weighted by atomic mass is 33.1. The molecule has 1 unspecified atom stereocenters. The molecule has 21 nitrogen and oxygen atoms in total. The second-order valence-corrected chi connectivity index (χ2v) is 21.2. The second kappa shape index (κ2) is 25.5. The number of aromatic amines is 1. The zero-order valence-electron chi connectivity index (χ0n) is 39.4. The zero-order valence-corrected chi connectivity index (χ0v) is 41.0. The van der Waals surface area contributed by atoms with E-state index < -0.39 is 119 Å². The van der Waals surface area contributed by atoms with Gasteiger partial charge in [-0.3, -0.25) is 38.4 Å². The van der Waals surface area contributed by atoms with Crippen molar-refractivity contribution in [3.05, 3.63) is 36.0 Å². The number of nitrogens with zero attached hydrogens (tertiary/aromatic N) is 1. The summed E-state index contributed by atoms with van der Waals surface area (Å²) in [6, 6.07) is -2.13. The Balaban J connectivity index is 1.53. The molecule has 9 atom stereocenters. The molecule has 1 aliphatic carbocycles. The van der Waals surface area contributed by atoms with Gasteiger partial charge < -0.3 is 63.5 Å². The number of hydrogen-bond acceptors (Lipinski definition) is 13. The number of rotatable bonds is 14. The predicted octanol–water partition coefficient (Wildman–Crippen LogP) is 0.224. The van der Waals surface area contributed by atoms with Crippen LogP contribution in [0, 0.1) is 5.92 Å². The Hall–Kier alpha value is -5.39. The van der Waals surface area contributed by atoms with Crippen LogP contribution in [0.3, 0.4) is 0 Å². The first-order valence-corrected chi connectivity index (χ1v) is 26.0. The quantitative estimate of drug-likeness (QED) is 0.113. The lowest BCUT2D eigenvalue weighted by Crippen LogP contribution is -2.63. The maximum absolute atomic E-state index is 14.6. The number of hydrogen-bond donors (Lipinski definition) is 11. The van der Waals surface area contributed by atoms with Gasteiger partial charge in [-0.15, -0.1) is 0 Å². The summed E-state index contributed by atoms with van der Waals surface area (Å²) >= 11 is 0. The first kappa shape index (κ1) is 54.5. The van der Waals surface area contributed by atoms with Crippen molar-refractivity contribution in [2.45, 2.75) is 157 Å². The van der Waals surface area contributed by atoms with Crippen LogP contribution >= 0.6 is 21.6 Å². The molecule has 2 aromatic rings. The van der Waals surface area contributed by atoms with Crippen molar-refractivity contribution in [1.29, 1.82) is 0 Å². The van der Waals surface area contributed by atoms with E-state index in [0.29, 0.717) is 32.1 Å². The van der Waals surface area contributed by atoms with Gasteiger partial charge in [-0.2, -0.15) is 0 Å².